The van der Waals surface area contributed by atoms with Crippen molar-refractivity contribution in [2.75, 3.05) is 13.1 Å². The van der Waals surface area contributed by atoms with E-state index in [1.807, 2.05) is 20.8 Å². The molecule has 1 unspecified atom stereocenters. The van der Waals surface area contributed by atoms with Crippen LogP contribution in [0.3, 0.4) is 0 Å². The van der Waals surface area contributed by atoms with Crippen LogP contribution in [0.4, 0.5) is 0 Å². The minimum absolute atomic E-state index is 0.0126. The summed E-state index contributed by atoms with van der Waals surface area (Å²) >= 11 is 0. The van der Waals surface area contributed by atoms with Crippen LogP contribution in [0.2, 0.25) is 0 Å². The lowest BCUT2D eigenvalue weighted by Gasteiger charge is -2.26. The maximum atomic E-state index is 11.7. The Bertz CT molecular complexity index is 289. The molecule has 1 heterocycles. The molecule has 90 valence electrons. The minimum Gasteiger partial charge on any atom is -0.315 e. The maximum absolute atomic E-state index is 11.7. The Morgan fingerprint density at radius 1 is 1.33 bits per heavy atom. The lowest BCUT2D eigenvalue weighted by atomic mass is 10.1. The summed E-state index contributed by atoms with van der Waals surface area (Å²) in [5.41, 5.74) is -0.437. The molecule has 0 amide bonds. The van der Waals surface area contributed by atoms with Crippen molar-refractivity contribution >= 4 is 10.2 Å². The Morgan fingerprint density at radius 3 is 2.47 bits per heavy atom. The van der Waals surface area contributed by atoms with E-state index < -0.39 is 15.7 Å². The van der Waals surface area contributed by atoms with Crippen LogP contribution in [0.5, 0.6) is 0 Å². The van der Waals surface area contributed by atoms with Gasteiger partial charge in [-0.3, -0.25) is 0 Å². The van der Waals surface area contributed by atoms with E-state index in [0.29, 0.717) is 6.54 Å². The van der Waals surface area contributed by atoms with Crippen LogP contribution < -0.4 is 14.8 Å². The summed E-state index contributed by atoms with van der Waals surface area (Å²) in [6, 6.07) is 0.0126. The smallest absolute Gasteiger partial charge is 0.277 e. The van der Waals surface area contributed by atoms with E-state index in [2.05, 4.69) is 14.8 Å². The second-order valence-corrected chi connectivity index (χ2v) is 6.46. The number of hydrogen-bond acceptors (Lipinski definition) is 3. The molecule has 0 saturated carbocycles. The molecule has 1 aliphatic rings. The lowest BCUT2D eigenvalue weighted by Crippen LogP contribution is -2.53. The molecule has 0 aromatic rings. The summed E-state index contributed by atoms with van der Waals surface area (Å²) in [6.45, 7) is 7.16. The Morgan fingerprint density at radius 2 is 2.00 bits per heavy atom. The van der Waals surface area contributed by atoms with Gasteiger partial charge in [0, 0.05) is 18.1 Å². The molecule has 1 atom stereocenters. The first kappa shape index (κ1) is 12.9. The summed E-state index contributed by atoms with van der Waals surface area (Å²) in [5.74, 6) is 0. The van der Waals surface area contributed by atoms with Crippen LogP contribution in [0.1, 0.15) is 33.6 Å². The van der Waals surface area contributed by atoms with Gasteiger partial charge in [0.15, 0.2) is 0 Å². The fourth-order valence-corrected chi connectivity index (χ4v) is 3.11. The summed E-state index contributed by atoms with van der Waals surface area (Å²) in [7, 11) is -3.38. The average Bonchev–Trinajstić information content (AvgIpc) is 1.99. The highest BCUT2D eigenvalue weighted by Crippen LogP contribution is 2.05. The van der Waals surface area contributed by atoms with Crippen molar-refractivity contribution in [2.45, 2.75) is 45.2 Å². The highest BCUT2D eigenvalue weighted by molar-refractivity contribution is 7.87. The Hall–Kier alpha value is -0.170. The van der Waals surface area contributed by atoms with Gasteiger partial charge in [0.25, 0.3) is 10.2 Å². The molecular formula is C9H21N3O2S. The third-order valence-corrected chi connectivity index (χ3v) is 3.58. The SMILES string of the molecule is CC(C)(C)NS(=O)(=O)NC1CCCNC1. The molecule has 6 heteroatoms. The van der Waals surface area contributed by atoms with Gasteiger partial charge < -0.3 is 5.32 Å². The molecule has 1 fully saturated rings. The largest absolute Gasteiger partial charge is 0.315 e. The topological polar surface area (TPSA) is 70.2 Å². The molecular weight excluding hydrogens is 214 g/mol. The third kappa shape index (κ3) is 5.46. The van der Waals surface area contributed by atoms with Crippen LogP contribution in [-0.4, -0.2) is 33.1 Å². The van der Waals surface area contributed by atoms with Crippen LogP contribution in [0, 0.1) is 0 Å². The first-order valence-electron chi connectivity index (χ1n) is 5.30. The van der Waals surface area contributed by atoms with Crippen molar-refractivity contribution in [1.82, 2.24) is 14.8 Å². The van der Waals surface area contributed by atoms with Crippen molar-refractivity contribution in [3.63, 3.8) is 0 Å². The molecule has 15 heavy (non-hydrogen) atoms. The number of nitrogens with one attached hydrogen (secondary N) is 3. The van der Waals surface area contributed by atoms with Gasteiger partial charge >= 0.3 is 0 Å². The Balaban J connectivity index is 2.48. The summed E-state index contributed by atoms with van der Waals surface area (Å²) in [6.07, 6.45) is 1.92. The quantitative estimate of drug-likeness (QED) is 0.643. The van der Waals surface area contributed by atoms with E-state index in [1.54, 1.807) is 0 Å². The summed E-state index contributed by atoms with van der Waals surface area (Å²) in [5, 5.41) is 3.17. The van der Waals surface area contributed by atoms with Crippen LogP contribution >= 0.6 is 0 Å². The van der Waals surface area contributed by atoms with E-state index >= 15 is 0 Å². The summed E-state index contributed by atoms with van der Waals surface area (Å²) < 4.78 is 28.6. The first-order chi connectivity index (χ1) is 6.79. The monoisotopic (exact) mass is 235 g/mol. The van der Waals surface area contributed by atoms with Gasteiger partial charge in [0.1, 0.15) is 0 Å². The molecule has 1 saturated heterocycles. The van der Waals surface area contributed by atoms with Gasteiger partial charge in [-0.2, -0.15) is 17.9 Å². The second-order valence-electron chi connectivity index (χ2n) is 5.02. The fourth-order valence-electron chi connectivity index (χ4n) is 1.60. The first-order valence-corrected chi connectivity index (χ1v) is 6.79. The van der Waals surface area contributed by atoms with Crippen LogP contribution in [0.15, 0.2) is 0 Å². The molecule has 5 nitrogen and oxygen atoms in total. The number of rotatable bonds is 3. The third-order valence-electron chi connectivity index (χ3n) is 2.06. The molecule has 0 aromatic carbocycles. The molecule has 0 aromatic heterocycles. The van der Waals surface area contributed by atoms with Gasteiger partial charge in [0.05, 0.1) is 0 Å². The van der Waals surface area contributed by atoms with Crippen LogP contribution in [-0.2, 0) is 10.2 Å². The predicted molar refractivity (Wildman–Crippen MR) is 60.8 cm³/mol. The predicted octanol–water partition coefficient (Wildman–Crippen LogP) is -0.0391. The average molecular weight is 235 g/mol. The zero-order valence-electron chi connectivity index (χ0n) is 9.63. The standard InChI is InChI=1S/C9H21N3O2S/c1-9(2,3)12-15(13,14)11-8-5-4-6-10-7-8/h8,10-12H,4-7H2,1-3H3. The van der Waals surface area contributed by atoms with Crippen LogP contribution in [0.25, 0.3) is 0 Å². The van der Waals surface area contributed by atoms with Crippen molar-refractivity contribution in [2.24, 2.45) is 0 Å². The highest BCUT2D eigenvalue weighted by Gasteiger charge is 2.23. The minimum atomic E-state index is -3.38. The van der Waals surface area contributed by atoms with E-state index in [4.69, 9.17) is 0 Å². The Kier molecular flexibility index (Phi) is 4.11. The van der Waals surface area contributed by atoms with Crippen molar-refractivity contribution in [3.8, 4) is 0 Å². The van der Waals surface area contributed by atoms with Crippen molar-refractivity contribution in [3.05, 3.63) is 0 Å². The normalized spacial score (nSPS) is 24.1. The van der Waals surface area contributed by atoms with Crippen molar-refractivity contribution in [1.29, 1.82) is 0 Å². The maximum Gasteiger partial charge on any atom is 0.277 e. The van der Waals surface area contributed by atoms with Crippen molar-refractivity contribution < 1.29 is 8.42 Å². The number of hydrogen-bond donors (Lipinski definition) is 3. The van der Waals surface area contributed by atoms with E-state index in [1.165, 1.54) is 0 Å². The van der Waals surface area contributed by atoms with Gasteiger partial charge in [-0.1, -0.05) is 0 Å². The molecule has 3 N–H and O–H groups in total. The highest BCUT2D eigenvalue weighted by atomic mass is 32.2. The lowest BCUT2D eigenvalue weighted by molar-refractivity contribution is 0.417. The molecule has 0 spiro atoms. The molecule has 0 bridgehead atoms. The van der Waals surface area contributed by atoms with E-state index in [9.17, 15) is 8.42 Å². The zero-order valence-corrected chi connectivity index (χ0v) is 10.4. The zero-order chi connectivity index (χ0) is 11.5. The fraction of sp³-hybridized carbons (Fsp3) is 1.00. The Labute approximate surface area is 92.2 Å². The molecule has 1 aliphatic heterocycles. The van der Waals surface area contributed by atoms with E-state index in [-0.39, 0.29) is 6.04 Å². The van der Waals surface area contributed by atoms with Gasteiger partial charge in [-0.25, -0.2) is 0 Å². The van der Waals surface area contributed by atoms with Gasteiger partial charge in [0.2, 0.25) is 0 Å². The molecule has 0 radical (unpaired) electrons. The molecule has 0 aliphatic carbocycles. The number of piperidine rings is 1. The van der Waals surface area contributed by atoms with E-state index in [0.717, 1.165) is 19.4 Å². The van der Waals surface area contributed by atoms with Gasteiger partial charge in [-0.15, -0.1) is 0 Å². The van der Waals surface area contributed by atoms with Gasteiger partial charge in [-0.05, 0) is 40.2 Å². The summed E-state index contributed by atoms with van der Waals surface area (Å²) in [4.78, 5) is 0. The second kappa shape index (κ2) is 4.78. The molecule has 1 rings (SSSR count).